The summed E-state index contributed by atoms with van der Waals surface area (Å²) in [6, 6.07) is 9.19. The number of aliphatic carboxylic acids is 1. The van der Waals surface area contributed by atoms with E-state index in [0.717, 1.165) is 5.56 Å². The molecule has 0 aliphatic carbocycles. The number of phenols is 1. The highest BCUT2D eigenvalue weighted by Crippen LogP contribution is 2.22. The van der Waals surface area contributed by atoms with E-state index in [4.69, 9.17) is 16.7 Å². The Bertz CT molecular complexity index is 1090. The second-order valence-corrected chi connectivity index (χ2v) is 8.41. The normalized spacial score (nSPS) is 15.2. The molecule has 0 radical (unpaired) electrons. The number of carbonyl (C=O) groups is 3. The molecule has 0 saturated heterocycles. The monoisotopic (exact) mass is 519 g/mol. The number of phenolic OH excluding ortho intramolecular Hbond substituents is 1. The van der Waals surface area contributed by atoms with Crippen LogP contribution in [0.25, 0.3) is 0 Å². The highest BCUT2D eigenvalue weighted by Gasteiger charge is 2.16. The van der Waals surface area contributed by atoms with Gasteiger partial charge in [-0.3, -0.25) is 19.4 Å². The van der Waals surface area contributed by atoms with E-state index in [1.54, 1.807) is 24.3 Å². The molecule has 11 nitrogen and oxygen atoms in total. The van der Waals surface area contributed by atoms with Crippen LogP contribution in [0.1, 0.15) is 40.9 Å². The van der Waals surface area contributed by atoms with Crippen molar-refractivity contribution < 1.29 is 29.7 Å². The predicted molar refractivity (Wildman–Crippen MR) is 136 cm³/mol. The number of aryl methyl sites for hydroxylation is 1. The Kier molecular flexibility index (Phi) is 11.0. The molecule has 36 heavy (non-hydrogen) atoms. The van der Waals surface area contributed by atoms with Crippen molar-refractivity contribution >= 4 is 41.5 Å². The Morgan fingerprint density at radius 3 is 2.58 bits per heavy atom. The molecule has 1 heterocycles. The summed E-state index contributed by atoms with van der Waals surface area (Å²) in [4.78, 5) is 36.9. The van der Waals surface area contributed by atoms with Gasteiger partial charge in [0.1, 0.15) is 5.75 Å². The minimum atomic E-state index is -0.975. The number of anilines is 1. The number of halogens is 1. The van der Waals surface area contributed by atoms with E-state index in [1.165, 1.54) is 12.1 Å². The van der Waals surface area contributed by atoms with Gasteiger partial charge in [-0.05, 0) is 49.2 Å². The van der Waals surface area contributed by atoms with Crippen molar-refractivity contribution in [2.45, 2.75) is 32.4 Å². The molecule has 1 aliphatic heterocycles. The second-order valence-electron chi connectivity index (χ2n) is 7.97. The van der Waals surface area contributed by atoms with Gasteiger partial charge in [-0.25, -0.2) is 0 Å². The number of aliphatic hydroxyl groups is 1. The number of carboxylic acids is 1. The zero-order valence-electron chi connectivity index (χ0n) is 19.9. The van der Waals surface area contributed by atoms with E-state index in [0.29, 0.717) is 53.8 Å². The van der Waals surface area contributed by atoms with E-state index in [9.17, 15) is 24.6 Å². The molecule has 7 N–H and O–H groups in total. The van der Waals surface area contributed by atoms with Gasteiger partial charge in [0.05, 0.1) is 25.1 Å². The second kappa shape index (κ2) is 13.9. The Morgan fingerprint density at radius 2 is 2.00 bits per heavy atom. The summed E-state index contributed by atoms with van der Waals surface area (Å²) in [5.41, 5.74) is 2.53. The smallest absolute Gasteiger partial charge is 0.305 e. The predicted octanol–water partition coefficient (Wildman–Crippen LogP) is 1.78. The molecular weight excluding hydrogens is 490 g/mol. The van der Waals surface area contributed by atoms with Crippen molar-refractivity contribution in [1.29, 1.82) is 0 Å². The van der Waals surface area contributed by atoms with Gasteiger partial charge < -0.3 is 36.6 Å². The fourth-order valence-corrected chi connectivity index (χ4v) is 3.62. The molecule has 1 aliphatic rings. The number of amides is 2. The molecule has 194 valence electrons. The molecule has 2 amide bonds. The Morgan fingerprint density at radius 1 is 1.25 bits per heavy atom. The largest absolute Gasteiger partial charge is 0.508 e. The lowest BCUT2D eigenvalue weighted by Gasteiger charge is -2.20. The van der Waals surface area contributed by atoms with Crippen LogP contribution in [0.4, 0.5) is 5.69 Å². The number of nitrogens with one attached hydrogen (secondary N) is 4. The van der Waals surface area contributed by atoms with Gasteiger partial charge in [-0.15, -0.1) is 0 Å². The summed E-state index contributed by atoms with van der Waals surface area (Å²) in [7, 11) is 0. The first-order valence-electron chi connectivity index (χ1n) is 11.2. The number of benzene rings is 2. The number of rotatable bonds is 8. The number of carbonyl (C=O) groups excluding carboxylic acids is 2. The lowest BCUT2D eigenvalue weighted by molar-refractivity contribution is -0.137. The van der Waals surface area contributed by atoms with Crippen molar-refractivity contribution in [3.63, 3.8) is 0 Å². The molecule has 0 bridgehead atoms. The first-order chi connectivity index (χ1) is 17.1. The van der Waals surface area contributed by atoms with E-state index < -0.39 is 18.1 Å². The maximum Gasteiger partial charge on any atom is 0.305 e. The zero-order valence-corrected chi connectivity index (χ0v) is 20.7. The molecule has 2 aromatic carbocycles. The van der Waals surface area contributed by atoms with Gasteiger partial charge >= 0.3 is 5.97 Å². The third kappa shape index (κ3) is 9.43. The maximum atomic E-state index is 11.8. The number of guanidine groups is 1. The highest BCUT2D eigenvalue weighted by atomic mass is 35.5. The number of aliphatic hydroxyl groups excluding tert-OH is 1. The molecular formula is C24H30ClN5O6. The summed E-state index contributed by atoms with van der Waals surface area (Å²) in [5.74, 6) is -0.729. The van der Waals surface area contributed by atoms with E-state index in [-0.39, 0.29) is 18.1 Å². The van der Waals surface area contributed by atoms with Gasteiger partial charge in [-0.1, -0.05) is 17.7 Å². The van der Waals surface area contributed by atoms with Crippen LogP contribution in [0.5, 0.6) is 5.75 Å². The highest BCUT2D eigenvalue weighted by molar-refractivity contribution is 6.30. The van der Waals surface area contributed by atoms with E-state index >= 15 is 0 Å². The molecule has 2 atom stereocenters. The molecule has 0 spiro atoms. The van der Waals surface area contributed by atoms with Crippen LogP contribution in [-0.2, 0) is 9.59 Å². The number of aliphatic imine (C=N–C) groups is 1. The molecule has 3 rings (SSSR count). The Hall–Kier alpha value is -3.83. The molecule has 0 saturated carbocycles. The lowest BCUT2D eigenvalue weighted by Crippen LogP contribution is -2.42. The van der Waals surface area contributed by atoms with Crippen LogP contribution < -0.4 is 21.3 Å². The molecule has 2 aromatic rings. The first-order valence-corrected chi connectivity index (χ1v) is 11.5. The van der Waals surface area contributed by atoms with Gasteiger partial charge in [0, 0.05) is 35.4 Å². The number of aromatic hydroxyl groups is 1. The van der Waals surface area contributed by atoms with Crippen molar-refractivity contribution in [2.75, 3.05) is 25.0 Å². The fraction of sp³-hybridized carbons (Fsp3) is 0.333. The third-order valence-electron chi connectivity index (χ3n) is 4.86. The van der Waals surface area contributed by atoms with Crippen LogP contribution in [0, 0.1) is 6.92 Å². The van der Waals surface area contributed by atoms with Crippen molar-refractivity contribution in [3.8, 4) is 5.75 Å². The topological polar surface area (TPSA) is 172 Å². The minimum Gasteiger partial charge on any atom is -0.508 e. The van der Waals surface area contributed by atoms with Crippen LogP contribution >= 0.6 is 11.6 Å². The fourth-order valence-electron chi connectivity index (χ4n) is 3.32. The van der Waals surface area contributed by atoms with Gasteiger partial charge in [-0.2, -0.15) is 0 Å². The van der Waals surface area contributed by atoms with E-state index in [1.807, 2.05) is 13.8 Å². The minimum absolute atomic E-state index is 0.00676. The third-order valence-corrected chi connectivity index (χ3v) is 5.08. The zero-order chi connectivity index (χ0) is 26.7. The number of carboxylic acid groups (broad SMARTS) is 1. The number of β-amino-alcohol motifs (C(OH)–C–C–N with tert-alkyl or cyclic N) is 1. The molecule has 0 fully saturated rings. The summed E-state index contributed by atoms with van der Waals surface area (Å²) < 4.78 is 0. The molecule has 12 heteroatoms. The number of hydrogen-bond acceptors (Lipinski definition) is 8. The van der Waals surface area contributed by atoms with Gasteiger partial charge in [0.2, 0.25) is 6.41 Å². The van der Waals surface area contributed by atoms with Gasteiger partial charge in [0.25, 0.3) is 5.91 Å². The van der Waals surface area contributed by atoms with Crippen molar-refractivity contribution in [1.82, 2.24) is 16.0 Å². The Balaban J connectivity index is 0.000000261. The number of nitrogens with zero attached hydrogens (tertiary/aromatic N) is 1. The van der Waals surface area contributed by atoms with Crippen LogP contribution in [0.2, 0.25) is 5.02 Å². The molecule has 0 aromatic heterocycles. The molecule has 2 unspecified atom stereocenters. The SMILES string of the molecule is CCNC(=O)c1cc(O)cc(NC2=NCC(O)CN2)c1.Cc1cc(Cl)cc(C(CC(=O)O)NC=O)c1. The summed E-state index contributed by atoms with van der Waals surface area (Å²) in [5, 5.41) is 39.3. The van der Waals surface area contributed by atoms with Gasteiger partial charge in [0.15, 0.2) is 5.96 Å². The average molecular weight is 520 g/mol. The number of hydrogen-bond donors (Lipinski definition) is 7. The summed E-state index contributed by atoms with van der Waals surface area (Å²) in [6.07, 6.45) is -0.168. The first kappa shape index (κ1) is 28.4. The van der Waals surface area contributed by atoms with Crippen molar-refractivity contribution in [2.24, 2.45) is 4.99 Å². The average Bonchev–Trinajstić information content (AvgIpc) is 2.80. The standard InChI is InChI=1S/C13H18N4O3.C11H12ClNO3/c1-2-14-12(20)8-3-9(5-10(18)4-8)17-13-15-6-11(19)7-16-13;1-7-2-8(4-9(12)3-7)10(13-6-14)5-11(15)16/h3-5,11,18-19H,2,6-7H2,1H3,(H,14,20)(H2,15,16,17);2-4,6,10H,5H2,1H3,(H,13,14)(H,15,16). The maximum absolute atomic E-state index is 11.8. The summed E-state index contributed by atoms with van der Waals surface area (Å²) in [6.45, 7) is 4.93. The van der Waals surface area contributed by atoms with Crippen LogP contribution in [-0.4, -0.2) is 65.3 Å². The lowest BCUT2D eigenvalue weighted by atomic mass is 10.0. The quantitative estimate of drug-likeness (QED) is 0.258. The van der Waals surface area contributed by atoms with Crippen molar-refractivity contribution in [3.05, 3.63) is 58.1 Å². The van der Waals surface area contributed by atoms with Crippen LogP contribution in [0.3, 0.4) is 0 Å². The van der Waals surface area contributed by atoms with E-state index in [2.05, 4.69) is 26.3 Å². The van der Waals surface area contributed by atoms with Crippen LogP contribution in [0.15, 0.2) is 41.4 Å². The summed E-state index contributed by atoms with van der Waals surface area (Å²) >= 11 is 5.87. The Labute approximate surface area is 213 Å².